The van der Waals surface area contributed by atoms with E-state index >= 15 is 0 Å². The van der Waals surface area contributed by atoms with E-state index in [0.717, 1.165) is 25.9 Å². The number of aromatic nitrogens is 1. The fourth-order valence-corrected chi connectivity index (χ4v) is 2.40. The average molecular weight is 361 g/mol. The Balaban J connectivity index is 1.89. The van der Waals surface area contributed by atoms with E-state index in [1.165, 1.54) is 0 Å². The number of pyridine rings is 1. The minimum Gasteiger partial charge on any atom is -0.488 e. The summed E-state index contributed by atoms with van der Waals surface area (Å²) in [7, 11) is 0. The smallest absolute Gasteiger partial charge is 0.129 e. The van der Waals surface area contributed by atoms with Crippen LogP contribution in [-0.2, 0) is 6.61 Å². The zero-order valence-electron chi connectivity index (χ0n) is 10.2. The van der Waals surface area contributed by atoms with E-state index in [9.17, 15) is 0 Å². The van der Waals surface area contributed by atoms with Gasteiger partial charge in [0.05, 0.1) is 5.52 Å². The third kappa shape index (κ3) is 2.87. The molecule has 0 fully saturated rings. The number of rotatable bonds is 3. The maximum Gasteiger partial charge on any atom is 0.129 e. The van der Waals surface area contributed by atoms with Crippen LogP contribution >= 0.6 is 22.6 Å². The molecule has 3 heteroatoms. The van der Waals surface area contributed by atoms with Gasteiger partial charge in [-0.05, 0) is 52.4 Å². The second-order valence-electron chi connectivity index (χ2n) is 4.23. The van der Waals surface area contributed by atoms with Crippen molar-refractivity contribution >= 4 is 33.5 Å². The lowest BCUT2D eigenvalue weighted by Crippen LogP contribution is -1.96. The molecular weight excluding hydrogens is 349 g/mol. The lowest BCUT2D eigenvalue weighted by Gasteiger charge is -2.09. The number of hydrogen-bond donors (Lipinski definition) is 0. The van der Waals surface area contributed by atoms with Gasteiger partial charge in [0.15, 0.2) is 0 Å². The third-order valence-corrected chi connectivity index (χ3v) is 3.50. The van der Waals surface area contributed by atoms with E-state index in [1.54, 1.807) is 0 Å². The molecule has 0 atom stereocenters. The van der Waals surface area contributed by atoms with Crippen molar-refractivity contribution in [2.24, 2.45) is 0 Å². The van der Waals surface area contributed by atoms with Gasteiger partial charge < -0.3 is 4.74 Å². The van der Waals surface area contributed by atoms with Gasteiger partial charge in [0, 0.05) is 5.39 Å². The molecule has 2 nitrogen and oxygen atoms in total. The highest BCUT2D eigenvalue weighted by Crippen LogP contribution is 2.25. The molecule has 94 valence electrons. The fraction of sp³-hybridized carbons (Fsp3) is 0.0625. The van der Waals surface area contributed by atoms with Crippen LogP contribution in [0.2, 0.25) is 0 Å². The van der Waals surface area contributed by atoms with E-state index in [-0.39, 0.29) is 0 Å². The predicted molar refractivity (Wildman–Crippen MR) is 85.2 cm³/mol. The molecule has 3 rings (SSSR count). The molecular formula is C16H12INO. The topological polar surface area (TPSA) is 22.1 Å². The van der Waals surface area contributed by atoms with Crippen molar-refractivity contribution in [1.82, 2.24) is 4.98 Å². The van der Waals surface area contributed by atoms with Crippen molar-refractivity contribution in [3.05, 3.63) is 69.9 Å². The van der Waals surface area contributed by atoms with Crippen molar-refractivity contribution in [3.63, 3.8) is 0 Å². The molecule has 0 aliphatic rings. The standard InChI is InChI=1S/C16H12INO/c17-16-10-9-13-14(18-16)7-4-8-15(13)19-11-12-5-2-1-3-6-12/h1-10H,11H2. The van der Waals surface area contributed by atoms with Crippen LogP contribution in [0.1, 0.15) is 5.56 Å². The Morgan fingerprint density at radius 3 is 2.58 bits per heavy atom. The van der Waals surface area contributed by atoms with E-state index in [1.807, 2.05) is 42.5 Å². The molecule has 0 saturated carbocycles. The molecule has 2 aromatic carbocycles. The molecule has 0 bridgehead atoms. The molecule has 0 aliphatic carbocycles. The molecule has 0 radical (unpaired) electrons. The highest BCUT2D eigenvalue weighted by atomic mass is 127. The highest BCUT2D eigenvalue weighted by molar-refractivity contribution is 14.1. The minimum absolute atomic E-state index is 0.575. The predicted octanol–water partition coefficient (Wildman–Crippen LogP) is 4.42. The molecule has 0 spiro atoms. The minimum atomic E-state index is 0.575. The molecule has 1 heterocycles. The summed E-state index contributed by atoms with van der Waals surface area (Å²) in [5.41, 5.74) is 2.13. The van der Waals surface area contributed by atoms with Gasteiger partial charge in [0.2, 0.25) is 0 Å². The van der Waals surface area contributed by atoms with Crippen molar-refractivity contribution < 1.29 is 4.74 Å². The molecule has 0 saturated heterocycles. The lowest BCUT2D eigenvalue weighted by molar-refractivity contribution is 0.310. The Morgan fingerprint density at radius 2 is 1.74 bits per heavy atom. The van der Waals surface area contributed by atoms with Crippen molar-refractivity contribution in [2.75, 3.05) is 0 Å². The second-order valence-corrected chi connectivity index (χ2v) is 5.34. The molecule has 1 aromatic heterocycles. The quantitative estimate of drug-likeness (QED) is 0.509. The summed E-state index contributed by atoms with van der Waals surface area (Å²) in [6.45, 7) is 0.575. The van der Waals surface area contributed by atoms with Gasteiger partial charge in [0.1, 0.15) is 16.1 Å². The molecule has 0 aliphatic heterocycles. The Morgan fingerprint density at radius 1 is 0.895 bits per heavy atom. The Labute approximate surface area is 125 Å². The molecule has 0 amide bonds. The van der Waals surface area contributed by atoms with Crippen molar-refractivity contribution in [2.45, 2.75) is 6.61 Å². The van der Waals surface area contributed by atoms with Crippen LogP contribution in [0.5, 0.6) is 5.75 Å². The Hall–Kier alpha value is -1.62. The van der Waals surface area contributed by atoms with E-state index in [0.29, 0.717) is 6.61 Å². The Kier molecular flexibility index (Phi) is 3.64. The van der Waals surface area contributed by atoms with Crippen molar-refractivity contribution in [3.8, 4) is 5.75 Å². The number of nitrogens with zero attached hydrogens (tertiary/aromatic N) is 1. The maximum atomic E-state index is 5.90. The van der Waals surface area contributed by atoms with Gasteiger partial charge in [0.25, 0.3) is 0 Å². The van der Waals surface area contributed by atoms with E-state index in [2.05, 4.69) is 45.8 Å². The first-order valence-corrected chi connectivity index (χ1v) is 7.13. The summed E-state index contributed by atoms with van der Waals surface area (Å²) in [4.78, 5) is 4.50. The van der Waals surface area contributed by atoms with Gasteiger partial charge in [-0.25, -0.2) is 4.98 Å². The zero-order chi connectivity index (χ0) is 13.1. The second kappa shape index (κ2) is 5.57. The van der Waals surface area contributed by atoms with Gasteiger partial charge >= 0.3 is 0 Å². The molecule has 0 unspecified atom stereocenters. The van der Waals surface area contributed by atoms with Crippen LogP contribution in [0.15, 0.2) is 60.7 Å². The first kappa shape index (κ1) is 12.4. The summed E-state index contributed by atoms with van der Waals surface area (Å²) in [6.07, 6.45) is 0. The van der Waals surface area contributed by atoms with Crippen LogP contribution in [0, 0.1) is 3.70 Å². The summed E-state index contributed by atoms with van der Waals surface area (Å²) in [5, 5.41) is 1.05. The van der Waals surface area contributed by atoms with Gasteiger partial charge in [-0.3, -0.25) is 0 Å². The third-order valence-electron chi connectivity index (χ3n) is 2.90. The monoisotopic (exact) mass is 361 g/mol. The maximum absolute atomic E-state index is 5.90. The van der Waals surface area contributed by atoms with E-state index in [4.69, 9.17) is 4.74 Å². The summed E-state index contributed by atoms with van der Waals surface area (Å²) < 4.78 is 6.89. The van der Waals surface area contributed by atoms with Gasteiger partial charge in [-0.2, -0.15) is 0 Å². The fourth-order valence-electron chi connectivity index (χ4n) is 1.96. The summed E-state index contributed by atoms with van der Waals surface area (Å²) in [5.74, 6) is 0.880. The van der Waals surface area contributed by atoms with Gasteiger partial charge in [-0.15, -0.1) is 0 Å². The highest BCUT2D eigenvalue weighted by Gasteiger charge is 2.03. The average Bonchev–Trinajstić information content (AvgIpc) is 2.45. The number of hydrogen-bond acceptors (Lipinski definition) is 2. The first-order valence-electron chi connectivity index (χ1n) is 6.05. The Bertz CT molecular complexity index is 697. The van der Waals surface area contributed by atoms with Crippen LogP contribution in [0.4, 0.5) is 0 Å². The number of halogens is 1. The molecule has 0 N–H and O–H groups in total. The molecule has 3 aromatic rings. The zero-order valence-corrected chi connectivity index (χ0v) is 12.4. The van der Waals surface area contributed by atoms with E-state index < -0.39 is 0 Å². The lowest BCUT2D eigenvalue weighted by atomic mass is 10.2. The number of fused-ring (bicyclic) bond motifs is 1. The normalized spacial score (nSPS) is 10.6. The van der Waals surface area contributed by atoms with Gasteiger partial charge in [-0.1, -0.05) is 36.4 Å². The number of benzene rings is 2. The molecule has 19 heavy (non-hydrogen) atoms. The summed E-state index contributed by atoms with van der Waals surface area (Å²) >= 11 is 2.22. The van der Waals surface area contributed by atoms with Crippen molar-refractivity contribution in [1.29, 1.82) is 0 Å². The number of ether oxygens (including phenoxy) is 1. The SMILES string of the molecule is Ic1ccc2c(OCc3ccccc3)cccc2n1. The largest absolute Gasteiger partial charge is 0.488 e. The first-order chi connectivity index (χ1) is 9.33. The summed E-state index contributed by atoms with van der Waals surface area (Å²) in [6, 6.07) is 20.2. The van der Waals surface area contributed by atoms with Crippen LogP contribution < -0.4 is 4.74 Å². The van der Waals surface area contributed by atoms with Crippen LogP contribution in [-0.4, -0.2) is 4.98 Å². The van der Waals surface area contributed by atoms with Crippen LogP contribution in [0.25, 0.3) is 10.9 Å². The van der Waals surface area contributed by atoms with Crippen LogP contribution in [0.3, 0.4) is 0 Å².